The van der Waals surface area contributed by atoms with Crippen molar-refractivity contribution in [2.45, 2.75) is 25.8 Å². The molecule has 2 aliphatic rings. The van der Waals surface area contributed by atoms with Gasteiger partial charge in [0.1, 0.15) is 11.5 Å². The average molecular weight is 293 g/mol. The maximum atomic E-state index is 12.2. The first kappa shape index (κ1) is 13.4. The Balaban J connectivity index is 1.94. The minimum atomic E-state index is 0.0321. The summed E-state index contributed by atoms with van der Waals surface area (Å²) < 4.78 is 6.17. The highest BCUT2D eigenvalue weighted by molar-refractivity contribution is 5.81. The summed E-state index contributed by atoms with van der Waals surface area (Å²) in [5.41, 5.74) is 2.22. The number of hydrogen-bond acceptors (Lipinski definition) is 3. The van der Waals surface area contributed by atoms with Crippen LogP contribution in [0, 0.1) is 5.92 Å². The topological polar surface area (TPSA) is 29.5 Å². The van der Waals surface area contributed by atoms with E-state index < -0.39 is 0 Å². The zero-order valence-electron chi connectivity index (χ0n) is 12.7. The summed E-state index contributed by atoms with van der Waals surface area (Å²) in [7, 11) is 0. The quantitative estimate of drug-likeness (QED) is 0.783. The molecule has 4 rings (SSSR count). The molecule has 2 aromatic carbocycles. The van der Waals surface area contributed by atoms with Gasteiger partial charge in [0, 0.05) is 18.0 Å². The number of piperidine rings is 1. The second kappa shape index (κ2) is 5.16. The molecule has 0 N–H and O–H groups in total. The normalized spacial score (nSPS) is 22.7. The third kappa shape index (κ3) is 2.00. The number of nitrogens with zero attached hydrogens (tertiary/aromatic N) is 1. The van der Waals surface area contributed by atoms with E-state index in [1.165, 1.54) is 0 Å². The first-order chi connectivity index (χ1) is 10.8. The molecule has 3 heteroatoms. The highest BCUT2D eigenvalue weighted by atomic mass is 16.5. The average Bonchev–Trinajstić information content (AvgIpc) is 2.69. The minimum absolute atomic E-state index is 0.0321. The van der Waals surface area contributed by atoms with Crippen molar-refractivity contribution in [1.29, 1.82) is 0 Å². The van der Waals surface area contributed by atoms with Gasteiger partial charge >= 0.3 is 0 Å². The smallest absolute Gasteiger partial charge is 0.150 e. The SMILES string of the molecule is CC(=O)[C@H]1CCCN2c3ccccc3Oc3ccccc3[C@@H]12. The first-order valence-electron chi connectivity index (χ1n) is 7.88. The Labute approximate surface area is 130 Å². The molecule has 2 atom stereocenters. The number of ketones is 1. The Morgan fingerprint density at radius 2 is 1.82 bits per heavy atom. The van der Waals surface area contributed by atoms with Gasteiger partial charge in [0.05, 0.1) is 11.7 Å². The molecule has 2 heterocycles. The molecule has 0 aliphatic carbocycles. The van der Waals surface area contributed by atoms with E-state index in [0.717, 1.165) is 42.1 Å². The molecule has 0 spiro atoms. The van der Waals surface area contributed by atoms with Crippen molar-refractivity contribution in [1.82, 2.24) is 0 Å². The number of para-hydroxylation sites is 3. The second-order valence-corrected chi connectivity index (χ2v) is 6.11. The number of benzene rings is 2. The van der Waals surface area contributed by atoms with Crippen LogP contribution in [0.1, 0.15) is 31.4 Å². The van der Waals surface area contributed by atoms with E-state index in [-0.39, 0.29) is 17.7 Å². The molecule has 2 aliphatic heterocycles. The third-order valence-electron chi connectivity index (χ3n) is 4.79. The van der Waals surface area contributed by atoms with Gasteiger partial charge in [-0.05, 0) is 38.0 Å². The Morgan fingerprint density at radius 1 is 1.09 bits per heavy atom. The van der Waals surface area contributed by atoms with Gasteiger partial charge < -0.3 is 9.64 Å². The summed E-state index contributed by atoms with van der Waals surface area (Å²) in [6.07, 6.45) is 1.99. The number of fused-ring (bicyclic) bond motifs is 5. The second-order valence-electron chi connectivity index (χ2n) is 6.11. The summed E-state index contributed by atoms with van der Waals surface area (Å²) in [4.78, 5) is 14.6. The lowest BCUT2D eigenvalue weighted by Crippen LogP contribution is -2.41. The van der Waals surface area contributed by atoms with Crippen LogP contribution in [-0.2, 0) is 4.79 Å². The van der Waals surface area contributed by atoms with Crippen molar-refractivity contribution < 1.29 is 9.53 Å². The van der Waals surface area contributed by atoms with Crippen molar-refractivity contribution in [3.8, 4) is 11.5 Å². The van der Waals surface area contributed by atoms with E-state index in [0.29, 0.717) is 0 Å². The van der Waals surface area contributed by atoms with Crippen LogP contribution in [-0.4, -0.2) is 12.3 Å². The van der Waals surface area contributed by atoms with Gasteiger partial charge in [-0.2, -0.15) is 0 Å². The number of Topliss-reactive ketones (excluding diaryl/α,β-unsaturated/α-hetero) is 1. The summed E-state index contributed by atoms with van der Waals surface area (Å²) in [6, 6.07) is 16.3. The number of hydrogen-bond donors (Lipinski definition) is 0. The molecule has 0 bridgehead atoms. The summed E-state index contributed by atoms with van der Waals surface area (Å²) in [5.74, 6) is 2.05. The van der Waals surface area contributed by atoms with Crippen LogP contribution >= 0.6 is 0 Å². The Kier molecular flexibility index (Phi) is 3.14. The van der Waals surface area contributed by atoms with Crippen LogP contribution in [0.5, 0.6) is 11.5 Å². The molecule has 1 saturated heterocycles. The molecule has 0 aromatic heterocycles. The zero-order valence-corrected chi connectivity index (χ0v) is 12.7. The van der Waals surface area contributed by atoms with Crippen molar-refractivity contribution in [3.05, 3.63) is 54.1 Å². The van der Waals surface area contributed by atoms with Gasteiger partial charge in [-0.15, -0.1) is 0 Å². The Bertz CT molecular complexity index is 725. The molecule has 0 amide bonds. The van der Waals surface area contributed by atoms with Crippen molar-refractivity contribution in [2.75, 3.05) is 11.4 Å². The molecule has 22 heavy (non-hydrogen) atoms. The number of anilines is 1. The predicted octanol–water partition coefficient (Wildman–Crippen LogP) is 4.34. The van der Waals surface area contributed by atoms with Gasteiger partial charge in [0.25, 0.3) is 0 Å². The van der Waals surface area contributed by atoms with Crippen molar-refractivity contribution >= 4 is 11.5 Å². The maximum absolute atomic E-state index is 12.2. The molecule has 0 radical (unpaired) electrons. The van der Waals surface area contributed by atoms with Crippen molar-refractivity contribution in [3.63, 3.8) is 0 Å². The fraction of sp³-hybridized carbons (Fsp3) is 0.316. The van der Waals surface area contributed by atoms with Crippen LogP contribution in [0.15, 0.2) is 48.5 Å². The number of rotatable bonds is 1. The zero-order chi connectivity index (χ0) is 15.1. The van der Waals surface area contributed by atoms with Gasteiger partial charge in [-0.3, -0.25) is 4.79 Å². The summed E-state index contributed by atoms with van der Waals surface area (Å²) in [6.45, 7) is 2.68. The molecule has 3 nitrogen and oxygen atoms in total. The van der Waals surface area contributed by atoms with Crippen molar-refractivity contribution in [2.24, 2.45) is 5.92 Å². The van der Waals surface area contributed by atoms with Crippen LogP contribution < -0.4 is 9.64 Å². The largest absolute Gasteiger partial charge is 0.455 e. The fourth-order valence-corrected chi connectivity index (χ4v) is 3.79. The predicted molar refractivity (Wildman–Crippen MR) is 86.5 cm³/mol. The number of carbonyl (C=O) groups is 1. The van der Waals surface area contributed by atoms with Gasteiger partial charge in [-0.1, -0.05) is 30.3 Å². The molecule has 0 unspecified atom stereocenters. The monoisotopic (exact) mass is 293 g/mol. The van der Waals surface area contributed by atoms with Gasteiger partial charge in [0.2, 0.25) is 0 Å². The lowest BCUT2D eigenvalue weighted by atomic mass is 9.82. The molecular formula is C19H19NO2. The fourth-order valence-electron chi connectivity index (χ4n) is 3.79. The van der Waals surface area contributed by atoms with E-state index >= 15 is 0 Å². The van der Waals surface area contributed by atoms with Crippen LogP contribution in [0.3, 0.4) is 0 Å². The lowest BCUT2D eigenvalue weighted by Gasteiger charge is -2.41. The maximum Gasteiger partial charge on any atom is 0.150 e. The molecule has 1 fully saturated rings. The Hall–Kier alpha value is -2.29. The number of ether oxygens (including phenoxy) is 1. The highest BCUT2D eigenvalue weighted by Gasteiger charge is 2.39. The van der Waals surface area contributed by atoms with E-state index in [4.69, 9.17) is 4.74 Å². The molecular weight excluding hydrogens is 274 g/mol. The molecule has 112 valence electrons. The van der Waals surface area contributed by atoms with E-state index in [1.807, 2.05) is 36.4 Å². The van der Waals surface area contributed by atoms with Gasteiger partial charge in [0.15, 0.2) is 5.75 Å². The first-order valence-corrected chi connectivity index (χ1v) is 7.88. The number of carbonyl (C=O) groups excluding carboxylic acids is 1. The van der Waals surface area contributed by atoms with Crippen LogP contribution in [0.2, 0.25) is 0 Å². The summed E-state index contributed by atoms with van der Waals surface area (Å²) in [5, 5.41) is 0. The van der Waals surface area contributed by atoms with E-state index in [1.54, 1.807) is 6.92 Å². The molecule has 2 aromatic rings. The summed E-state index contributed by atoms with van der Waals surface area (Å²) >= 11 is 0. The van der Waals surface area contributed by atoms with Gasteiger partial charge in [-0.25, -0.2) is 0 Å². The van der Waals surface area contributed by atoms with E-state index in [9.17, 15) is 4.79 Å². The minimum Gasteiger partial charge on any atom is -0.455 e. The highest BCUT2D eigenvalue weighted by Crippen LogP contribution is 2.49. The lowest BCUT2D eigenvalue weighted by molar-refractivity contribution is -0.122. The third-order valence-corrected chi connectivity index (χ3v) is 4.79. The van der Waals surface area contributed by atoms with Crippen LogP contribution in [0.4, 0.5) is 5.69 Å². The van der Waals surface area contributed by atoms with Crippen LogP contribution in [0.25, 0.3) is 0 Å². The van der Waals surface area contributed by atoms with E-state index in [2.05, 4.69) is 17.0 Å². The standard InChI is InChI=1S/C19H19NO2/c1-13(21)14-8-6-12-20-16-9-3-5-11-18(16)22-17-10-4-2-7-15(17)19(14)20/h2-5,7,9-11,14,19H,6,8,12H2,1H3/t14-,19-/m1/s1. The Morgan fingerprint density at radius 3 is 2.64 bits per heavy atom. The molecule has 0 saturated carbocycles.